The number of pyridine rings is 1. The first-order valence-electron chi connectivity index (χ1n) is 7.67. The standard InChI is InChI=1S/C17H19N5OS/c1-8(2)12-6-5-11-13(18)14(24-16(11)21-12)15(23)22-17-19-9(3)7-10(4)20-17/h5-8H,18H2,1-4H3,(H,19,20,22,23). The van der Waals surface area contributed by atoms with E-state index in [1.54, 1.807) is 0 Å². The van der Waals surface area contributed by atoms with Crippen LogP contribution >= 0.6 is 11.3 Å². The number of amides is 1. The third-order valence-electron chi connectivity index (χ3n) is 3.62. The molecule has 0 aliphatic carbocycles. The maximum absolute atomic E-state index is 12.6. The van der Waals surface area contributed by atoms with Gasteiger partial charge in [-0.25, -0.2) is 15.0 Å². The number of aromatic nitrogens is 3. The molecule has 7 heteroatoms. The maximum Gasteiger partial charge on any atom is 0.270 e. The fourth-order valence-electron chi connectivity index (χ4n) is 2.44. The second kappa shape index (κ2) is 6.16. The van der Waals surface area contributed by atoms with Gasteiger partial charge in [-0.15, -0.1) is 11.3 Å². The molecule has 0 unspecified atom stereocenters. The summed E-state index contributed by atoms with van der Waals surface area (Å²) in [7, 11) is 0. The van der Waals surface area contributed by atoms with Crippen LogP contribution in [0.15, 0.2) is 18.2 Å². The van der Waals surface area contributed by atoms with E-state index < -0.39 is 0 Å². The molecule has 3 heterocycles. The molecule has 24 heavy (non-hydrogen) atoms. The van der Waals surface area contributed by atoms with Crippen molar-refractivity contribution in [1.29, 1.82) is 0 Å². The Morgan fingerprint density at radius 2 is 1.83 bits per heavy atom. The van der Waals surface area contributed by atoms with Crippen molar-refractivity contribution in [3.63, 3.8) is 0 Å². The third kappa shape index (κ3) is 3.07. The van der Waals surface area contributed by atoms with Crippen LogP contribution in [0.2, 0.25) is 0 Å². The Labute approximate surface area is 144 Å². The Bertz CT molecular complexity index is 912. The molecule has 0 bridgehead atoms. The van der Waals surface area contributed by atoms with E-state index >= 15 is 0 Å². The van der Waals surface area contributed by atoms with Crippen molar-refractivity contribution in [3.8, 4) is 0 Å². The summed E-state index contributed by atoms with van der Waals surface area (Å²) in [6, 6.07) is 5.72. The minimum Gasteiger partial charge on any atom is -0.397 e. The van der Waals surface area contributed by atoms with Gasteiger partial charge in [0.05, 0.1) is 5.69 Å². The molecule has 0 radical (unpaired) electrons. The van der Waals surface area contributed by atoms with E-state index in [1.165, 1.54) is 11.3 Å². The average molecular weight is 341 g/mol. The molecule has 3 rings (SSSR count). The number of nitrogens with one attached hydrogen (secondary N) is 1. The van der Waals surface area contributed by atoms with Crippen molar-refractivity contribution < 1.29 is 4.79 Å². The highest BCUT2D eigenvalue weighted by Gasteiger charge is 2.19. The lowest BCUT2D eigenvalue weighted by molar-refractivity contribution is 0.103. The first-order valence-corrected chi connectivity index (χ1v) is 8.49. The number of thiophene rings is 1. The molecule has 124 valence electrons. The number of fused-ring (bicyclic) bond motifs is 1. The average Bonchev–Trinajstić information content (AvgIpc) is 2.83. The number of nitrogens with zero attached hydrogens (tertiary/aromatic N) is 3. The van der Waals surface area contributed by atoms with E-state index in [1.807, 2.05) is 32.0 Å². The third-order valence-corrected chi connectivity index (χ3v) is 4.73. The molecular weight excluding hydrogens is 322 g/mol. The number of anilines is 2. The first kappa shape index (κ1) is 16.3. The first-order chi connectivity index (χ1) is 11.3. The van der Waals surface area contributed by atoms with E-state index in [0.717, 1.165) is 27.3 Å². The number of rotatable bonds is 3. The van der Waals surface area contributed by atoms with E-state index in [2.05, 4.69) is 34.1 Å². The number of hydrogen-bond acceptors (Lipinski definition) is 6. The minimum absolute atomic E-state index is 0.283. The van der Waals surface area contributed by atoms with Crippen LogP contribution < -0.4 is 11.1 Å². The summed E-state index contributed by atoms with van der Waals surface area (Å²) in [4.78, 5) is 26.8. The number of carbonyl (C=O) groups is 1. The van der Waals surface area contributed by atoms with Crippen LogP contribution in [0.25, 0.3) is 10.2 Å². The van der Waals surface area contributed by atoms with Crippen molar-refractivity contribution in [3.05, 3.63) is 40.2 Å². The molecule has 3 aromatic heterocycles. The SMILES string of the molecule is Cc1cc(C)nc(NC(=O)c2sc3nc(C(C)C)ccc3c2N)n1. The topological polar surface area (TPSA) is 93.8 Å². The van der Waals surface area contributed by atoms with Gasteiger partial charge in [-0.2, -0.15) is 0 Å². The lowest BCUT2D eigenvalue weighted by Crippen LogP contribution is -2.15. The normalized spacial score (nSPS) is 11.2. The summed E-state index contributed by atoms with van der Waals surface area (Å²) in [5.74, 6) is 0.287. The van der Waals surface area contributed by atoms with Crippen LogP contribution in [0.5, 0.6) is 0 Å². The fraction of sp³-hybridized carbons (Fsp3) is 0.294. The molecule has 1 amide bonds. The molecule has 0 saturated carbocycles. The number of carbonyl (C=O) groups excluding carboxylic acids is 1. The van der Waals surface area contributed by atoms with Crippen LogP contribution in [0.1, 0.15) is 46.5 Å². The monoisotopic (exact) mass is 341 g/mol. The fourth-order valence-corrected chi connectivity index (χ4v) is 3.44. The van der Waals surface area contributed by atoms with Gasteiger partial charge in [0, 0.05) is 22.5 Å². The summed E-state index contributed by atoms with van der Waals surface area (Å²) in [5, 5.41) is 3.52. The summed E-state index contributed by atoms with van der Waals surface area (Å²) in [6.07, 6.45) is 0. The number of aryl methyl sites for hydroxylation is 2. The predicted molar refractivity (Wildman–Crippen MR) is 97.6 cm³/mol. The Balaban J connectivity index is 1.96. The van der Waals surface area contributed by atoms with Gasteiger partial charge < -0.3 is 5.73 Å². The van der Waals surface area contributed by atoms with Gasteiger partial charge in [0.25, 0.3) is 5.91 Å². The van der Waals surface area contributed by atoms with E-state index in [9.17, 15) is 4.79 Å². The van der Waals surface area contributed by atoms with E-state index in [-0.39, 0.29) is 11.9 Å². The zero-order valence-electron chi connectivity index (χ0n) is 14.0. The largest absolute Gasteiger partial charge is 0.397 e. The zero-order valence-corrected chi connectivity index (χ0v) is 14.9. The molecule has 3 N–H and O–H groups in total. The van der Waals surface area contributed by atoms with Crippen LogP contribution in [0.3, 0.4) is 0 Å². The molecule has 6 nitrogen and oxygen atoms in total. The van der Waals surface area contributed by atoms with Gasteiger partial charge in [0.1, 0.15) is 9.71 Å². The molecule has 3 aromatic rings. The number of nitrogen functional groups attached to an aromatic ring is 1. The highest BCUT2D eigenvalue weighted by Crippen LogP contribution is 2.33. The molecule has 0 aliphatic heterocycles. The quantitative estimate of drug-likeness (QED) is 0.758. The van der Waals surface area contributed by atoms with Gasteiger partial charge in [-0.1, -0.05) is 13.8 Å². The Kier molecular flexibility index (Phi) is 4.19. The molecule has 0 aromatic carbocycles. The predicted octanol–water partition coefficient (Wildman–Crippen LogP) is 3.66. The molecule has 0 fully saturated rings. The van der Waals surface area contributed by atoms with Crippen molar-refractivity contribution >= 4 is 39.1 Å². The van der Waals surface area contributed by atoms with Crippen molar-refractivity contribution in [1.82, 2.24) is 15.0 Å². The highest BCUT2D eigenvalue weighted by atomic mass is 32.1. The number of nitrogens with two attached hydrogens (primary N) is 1. The van der Waals surface area contributed by atoms with Gasteiger partial charge in [0.15, 0.2) is 0 Å². The van der Waals surface area contributed by atoms with E-state index in [0.29, 0.717) is 16.5 Å². The van der Waals surface area contributed by atoms with Crippen LogP contribution in [0, 0.1) is 13.8 Å². The van der Waals surface area contributed by atoms with E-state index in [4.69, 9.17) is 5.73 Å². The zero-order chi connectivity index (χ0) is 17.4. The van der Waals surface area contributed by atoms with Gasteiger partial charge in [-0.3, -0.25) is 10.1 Å². The summed E-state index contributed by atoms with van der Waals surface area (Å²) in [6.45, 7) is 7.87. The molecule has 0 aliphatic rings. The lowest BCUT2D eigenvalue weighted by Gasteiger charge is -2.04. The second-order valence-corrected chi connectivity index (χ2v) is 7.02. The number of hydrogen-bond donors (Lipinski definition) is 2. The van der Waals surface area contributed by atoms with Gasteiger partial charge >= 0.3 is 0 Å². The van der Waals surface area contributed by atoms with Gasteiger partial charge in [0.2, 0.25) is 5.95 Å². The smallest absolute Gasteiger partial charge is 0.270 e. The summed E-state index contributed by atoms with van der Waals surface area (Å²) < 4.78 is 0. The van der Waals surface area contributed by atoms with Crippen LogP contribution in [0.4, 0.5) is 11.6 Å². The highest BCUT2D eigenvalue weighted by molar-refractivity contribution is 7.21. The Morgan fingerprint density at radius 3 is 2.46 bits per heavy atom. The summed E-state index contributed by atoms with van der Waals surface area (Å²) >= 11 is 1.29. The van der Waals surface area contributed by atoms with Crippen LogP contribution in [-0.2, 0) is 0 Å². The van der Waals surface area contributed by atoms with Gasteiger partial charge in [-0.05, 0) is 38.0 Å². The molecular formula is C17H19N5OS. The van der Waals surface area contributed by atoms with Crippen molar-refractivity contribution in [2.24, 2.45) is 0 Å². The maximum atomic E-state index is 12.6. The Morgan fingerprint density at radius 1 is 1.17 bits per heavy atom. The van der Waals surface area contributed by atoms with Crippen molar-refractivity contribution in [2.45, 2.75) is 33.6 Å². The summed E-state index contributed by atoms with van der Waals surface area (Å²) in [5.41, 5.74) is 9.17. The minimum atomic E-state index is -0.313. The van der Waals surface area contributed by atoms with Crippen molar-refractivity contribution in [2.75, 3.05) is 11.1 Å². The molecule has 0 saturated heterocycles. The lowest BCUT2D eigenvalue weighted by atomic mass is 10.1. The second-order valence-electron chi connectivity index (χ2n) is 6.02. The van der Waals surface area contributed by atoms with Crippen LogP contribution in [-0.4, -0.2) is 20.9 Å². The molecule has 0 spiro atoms. The molecule has 0 atom stereocenters. The Hall–Kier alpha value is -2.54.